The molecule has 27 heavy (non-hydrogen) atoms. The van der Waals surface area contributed by atoms with Crippen LogP contribution in [0.5, 0.6) is 0 Å². The molecule has 0 spiro atoms. The summed E-state index contributed by atoms with van der Waals surface area (Å²) in [5.41, 5.74) is 1.84. The lowest BCUT2D eigenvalue weighted by Gasteiger charge is -2.27. The second kappa shape index (κ2) is 8.02. The Kier molecular flexibility index (Phi) is 5.50. The highest BCUT2D eigenvalue weighted by Crippen LogP contribution is 2.34. The number of aromatic nitrogens is 2. The van der Waals surface area contributed by atoms with E-state index in [0.717, 1.165) is 32.1 Å². The van der Waals surface area contributed by atoms with Gasteiger partial charge in [-0.2, -0.15) is 0 Å². The minimum absolute atomic E-state index is 0.0566. The van der Waals surface area contributed by atoms with Crippen molar-refractivity contribution in [2.75, 3.05) is 5.75 Å². The molecule has 0 aromatic carbocycles. The van der Waals surface area contributed by atoms with E-state index in [1.165, 1.54) is 35.2 Å². The number of fused-ring (bicyclic) bond motifs is 1. The molecule has 5 nitrogen and oxygen atoms in total. The lowest BCUT2D eigenvalue weighted by molar-refractivity contribution is -0.127. The highest BCUT2D eigenvalue weighted by molar-refractivity contribution is 7.99. The number of amides is 1. The summed E-state index contributed by atoms with van der Waals surface area (Å²) < 4.78 is 2.27. The Labute approximate surface area is 166 Å². The first-order chi connectivity index (χ1) is 13.2. The topological polar surface area (TPSA) is 55.2 Å². The highest BCUT2D eigenvalue weighted by Gasteiger charge is 2.35. The summed E-state index contributed by atoms with van der Waals surface area (Å²) in [6.45, 7) is 4.14. The van der Waals surface area contributed by atoms with Crippen molar-refractivity contribution in [3.05, 3.63) is 46.2 Å². The Balaban J connectivity index is 1.56. The lowest BCUT2D eigenvalue weighted by Crippen LogP contribution is -2.34. The van der Waals surface area contributed by atoms with Crippen LogP contribution in [-0.2, 0) is 11.3 Å². The maximum Gasteiger partial charge on any atom is 0.272 e. The maximum atomic E-state index is 13.0. The molecule has 0 atom stereocenters. The summed E-state index contributed by atoms with van der Waals surface area (Å²) in [7, 11) is 0. The highest BCUT2D eigenvalue weighted by atomic mass is 32.2. The van der Waals surface area contributed by atoms with Crippen molar-refractivity contribution in [2.45, 2.75) is 56.3 Å². The normalized spacial score (nSPS) is 17.0. The van der Waals surface area contributed by atoms with E-state index in [4.69, 9.17) is 0 Å². The number of nitrogens with zero attached hydrogens (tertiary/aromatic N) is 3. The van der Waals surface area contributed by atoms with E-state index in [9.17, 15) is 9.59 Å². The molecule has 2 aliphatic rings. The fourth-order valence-corrected chi connectivity index (χ4v) is 5.14. The molecule has 1 amide bonds. The first-order valence-electron chi connectivity index (χ1n) is 9.42. The Morgan fingerprint density at radius 1 is 1.44 bits per heavy atom. The summed E-state index contributed by atoms with van der Waals surface area (Å²) in [5.74, 6) is 0.424. The molecule has 0 N–H and O–H groups in total. The second-order valence-electron chi connectivity index (χ2n) is 6.96. The number of allylic oxidation sites excluding steroid dienone is 3. The van der Waals surface area contributed by atoms with E-state index in [1.54, 1.807) is 10.6 Å². The molecule has 1 saturated carbocycles. The van der Waals surface area contributed by atoms with Gasteiger partial charge < -0.3 is 4.90 Å². The van der Waals surface area contributed by atoms with Crippen LogP contribution in [0.3, 0.4) is 0 Å². The third-order valence-corrected chi connectivity index (χ3v) is 6.78. The zero-order valence-corrected chi connectivity index (χ0v) is 16.9. The number of hydrogen-bond donors (Lipinski definition) is 0. The van der Waals surface area contributed by atoms with Crippen LogP contribution in [0.25, 0.3) is 10.2 Å². The maximum absolute atomic E-state index is 13.0. The number of carbonyl (C=O) groups excluding carboxylic acids is 1. The van der Waals surface area contributed by atoms with Crippen LogP contribution in [0.4, 0.5) is 0 Å². The molecule has 2 aromatic rings. The van der Waals surface area contributed by atoms with Crippen molar-refractivity contribution >= 4 is 39.2 Å². The smallest absolute Gasteiger partial charge is 0.272 e. The van der Waals surface area contributed by atoms with Gasteiger partial charge in [-0.1, -0.05) is 23.9 Å². The molecule has 1 fully saturated rings. The molecular formula is C20H23N3O2S2. The van der Waals surface area contributed by atoms with E-state index >= 15 is 0 Å². The summed E-state index contributed by atoms with van der Waals surface area (Å²) in [6.07, 6.45) is 10.5. The standard InChI is InChI=1S/C20H23N3O2S2/c1-2-11-22-19(25)18-16(10-12-26-18)21-20(22)27-13-17(24)23(15-8-9-15)14-6-4-3-5-7-14/h2,6,10,12,15H,1,3-5,7-9,11,13H2. The number of hydrogen-bond acceptors (Lipinski definition) is 5. The van der Waals surface area contributed by atoms with Gasteiger partial charge in [0, 0.05) is 18.3 Å². The van der Waals surface area contributed by atoms with E-state index in [0.29, 0.717) is 33.7 Å². The van der Waals surface area contributed by atoms with Crippen LogP contribution in [0, 0.1) is 0 Å². The molecule has 0 unspecified atom stereocenters. The van der Waals surface area contributed by atoms with Gasteiger partial charge in [-0.3, -0.25) is 14.2 Å². The summed E-state index contributed by atoms with van der Waals surface area (Å²) in [5, 5.41) is 2.47. The van der Waals surface area contributed by atoms with Gasteiger partial charge in [-0.05, 0) is 50.0 Å². The van der Waals surface area contributed by atoms with Crippen molar-refractivity contribution in [3.8, 4) is 0 Å². The fraction of sp³-hybridized carbons (Fsp3) is 0.450. The van der Waals surface area contributed by atoms with Crippen molar-refractivity contribution in [3.63, 3.8) is 0 Å². The first kappa shape index (κ1) is 18.5. The van der Waals surface area contributed by atoms with Crippen molar-refractivity contribution in [1.29, 1.82) is 0 Å². The van der Waals surface area contributed by atoms with Crippen molar-refractivity contribution in [1.82, 2.24) is 14.5 Å². The number of thioether (sulfide) groups is 1. The van der Waals surface area contributed by atoms with Crippen LogP contribution in [0.2, 0.25) is 0 Å². The third-order valence-electron chi connectivity index (χ3n) is 4.92. The van der Waals surface area contributed by atoms with Crippen LogP contribution in [0.15, 0.2) is 45.8 Å². The zero-order chi connectivity index (χ0) is 18.8. The molecule has 142 valence electrons. The Bertz CT molecular complexity index is 956. The molecule has 2 aromatic heterocycles. The van der Waals surface area contributed by atoms with Gasteiger partial charge in [0.1, 0.15) is 4.70 Å². The average molecular weight is 402 g/mol. The fourth-order valence-electron chi connectivity index (χ4n) is 3.49. The molecule has 2 aliphatic carbocycles. The Hall–Kier alpha value is -1.86. The van der Waals surface area contributed by atoms with Gasteiger partial charge in [-0.15, -0.1) is 17.9 Å². The Morgan fingerprint density at radius 2 is 2.30 bits per heavy atom. The minimum Gasteiger partial charge on any atom is -0.313 e. The van der Waals surface area contributed by atoms with E-state index in [1.807, 2.05) is 16.3 Å². The first-order valence-corrected chi connectivity index (χ1v) is 11.3. The predicted octanol–water partition coefficient (Wildman–Crippen LogP) is 4.19. The van der Waals surface area contributed by atoms with Gasteiger partial charge in [-0.25, -0.2) is 4.98 Å². The van der Waals surface area contributed by atoms with Gasteiger partial charge >= 0.3 is 0 Å². The quantitative estimate of drug-likeness (QED) is 0.397. The molecule has 2 heterocycles. The molecule has 7 heteroatoms. The van der Waals surface area contributed by atoms with Crippen LogP contribution >= 0.6 is 23.1 Å². The minimum atomic E-state index is -0.0566. The number of rotatable bonds is 7. The summed E-state index contributed by atoms with van der Waals surface area (Å²) >= 11 is 2.76. The third kappa shape index (κ3) is 3.89. The molecule has 0 bridgehead atoms. The summed E-state index contributed by atoms with van der Waals surface area (Å²) in [6, 6.07) is 2.22. The van der Waals surface area contributed by atoms with Crippen LogP contribution in [-0.4, -0.2) is 32.2 Å². The molecule has 0 saturated heterocycles. The van der Waals surface area contributed by atoms with Crippen molar-refractivity contribution in [2.24, 2.45) is 0 Å². The molecular weight excluding hydrogens is 378 g/mol. The SMILES string of the molecule is C=CCn1c(SCC(=O)N(C2=CCCCC2)C2CC2)nc2ccsc2c1=O. The molecule has 0 radical (unpaired) electrons. The largest absolute Gasteiger partial charge is 0.313 e. The van der Waals surface area contributed by atoms with Gasteiger partial charge in [0.2, 0.25) is 5.91 Å². The Morgan fingerprint density at radius 3 is 3.00 bits per heavy atom. The van der Waals surface area contributed by atoms with Gasteiger partial charge in [0.25, 0.3) is 5.56 Å². The predicted molar refractivity (Wildman–Crippen MR) is 111 cm³/mol. The van der Waals surface area contributed by atoms with E-state index in [2.05, 4.69) is 17.6 Å². The van der Waals surface area contributed by atoms with Gasteiger partial charge in [0.05, 0.1) is 11.3 Å². The lowest BCUT2D eigenvalue weighted by atomic mass is 10.0. The number of thiophene rings is 1. The van der Waals surface area contributed by atoms with Crippen molar-refractivity contribution < 1.29 is 4.79 Å². The second-order valence-corrected chi connectivity index (χ2v) is 8.82. The van der Waals surface area contributed by atoms with E-state index in [-0.39, 0.29) is 11.5 Å². The van der Waals surface area contributed by atoms with Crippen LogP contribution in [0.1, 0.15) is 38.5 Å². The van der Waals surface area contributed by atoms with Gasteiger partial charge in [0.15, 0.2) is 5.16 Å². The molecule has 4 rings (SSSR count). The average Bonchev–Trinajstić information content (AvgIpc) is 3.39. The zero-order valence-electron chi connectivity index (χ0n) is 15.2. The van der Waals surface area contributed by atoms with E-state index < -0.39 is 0 Å². The number of carbonyl (C=O) groups is 1. The van der Waals surface area contributed by atoms with Crippen LogP contribution < -0.4 is 5.56 Å². The monoisotopic (exact) mass is 401 g/mol. The summed E-state index contributed by atoms with van der Waals surface area (Å²) in [4.78, 5) is 32.3. The molecule has 0 aliphatic heterocycles.